The van der Waals surface area contributed by atoms with Crippen molar-refractivity contribution in [3.63, 3.8) is 0 Å². The molecule has 2 atom stereocenters. The number of hydrogen-bond acceptors (Lipinski definition) is 6. The van der Waals surface area contributed by atoms with Crippen molar-refractivity contribution in [2.24, 2.45) is 0 Å². The van der Waals surface area contributed by atoms with Crippen molar-refractivity contribution in [3.8, 4) is 0 Å². The predicted molar refractivity (Wildman–Crippen MR) is 136 cm³/mol. The molecule has 0 amide bonds. The van der Waals surface area contributed by atoms with Gasteiger partial charge in [-0.15, -0.1) is 71.5 Å². The van der Waals surface area contributed by atoms with Crippen LogP contribution in [0, 0.1) is 0 Å². The second-order valence-electron chi connectivity index (χ2n) is 7.64. The van der Waals surface area contributed by atoms with Crippen LogP contribution in [0.15, 0.2) is 67.1 Å². The average molecular weight is 477 g/mol. The van der Waals surface area contributed by atoms with Crippen LogP contribution in [0.5, 0.6) is 0 Å². The van der Waals surface area contributed by atoms with Crippen LogP contribution in [0.1, 0.15) is 37.4 Å². The van der Waals surface area contributed by atoms with Crippen LogP contribution in [0.3, 0.4) is 0 Å². The van der Waals surface area contributed by atoms with Crippen molar-refractivity contribution < 1.29 is 0 Å². The first-order chi connectivity index (χ1) is 13.2. The lowest BCUT2D eigenvalue weighted by Gasteiger charge is -2.47. The number of hydrogen-bond donors (Lipinski definition) is 2. The Balaban J connectivity index is 1.63. The van der Waals surface area contributed by atoms with Crippen LogP contribution in [-0.2, 0) is 0 Å². The highest BCUT2D eigenvalue weighted by Gasteiger charge is 2.58. The maximum absolute atomic E-state index is 4.53. The zero-order valence-corrected chi connectivity index (χ0v) is 21.0. The molecule has 0 saturated heterocycles. The maximum Gasteiger partial charge on any atom is 0.0618 e. The third kappa shape index (κ3) is 2.68. The van der Waals surface area contributed by atoms with E-state index in [9.17, 15) is 0 Å². The molecule has 1 aliphatic carbocycles. The second kappa shape index (κ2) is 6.63. The van der Waals surface area contributed by atoms with E-state index in [4.69, 9.17) is 0 Å². The van der Waals surface area contributed by atoms with Crippen LogP contribution in [0.25, 0.3) is 9.81 Å². The molecule has 0 radical (unpaired) electrons. The first kappa shape index (κ1) is 19.7. The molecule has 2 aliphatic heterocycles. The highest BCUT2D eigenvalue weighted by Crippen LogP contribution is 2.69. The fourth-order valence-corrected chi connectivity index (χ4v) is 9.98. The summed E-state index contributed by atoms with van der Waals surface area (Å²) in [6, 6.07) is 8.61. The van der Waals surface area contributed by atoms with Gasteiger partial charge in [-0.25, -0.2) is 0 Å². The molecule has 5 rings (SSSR count). The molecule has 2 aromatic heterocycles. The Hall–Kier alpha value is -0.240. The van der Waals surface area contributed by atoms with Gasteiger partial charge in [-0.2, -0.15) is 0 Å². The Labute approximate surface area is 194 Å². The van der Waals surface area contributed by atoms with Crippen LogP contribution >= 0.6 is 71.5 Å². The third-order valence-electron chi connectivity index (χ3n) is 6.16. The van der Waals surface area contributed by atoms with Gasteiger partial charge in [0.1, 0.15) is 0 Å². The summed E-state index contributed by atoms with van der Waals surface area (Å²) in [6.45, 7) is 9.46. The van der Waals surface area contributed by atoms with E-state index in [2.05, 4.69) is 89.4 Å². The minimum atomic E-state index is 0.00594. The number of fused-ring (bicyclic) bond motifs is 3. The van der Waals surface area contributed by atoms with Gasteiger partial charge in [0.2, 0.25) is 0 Å². The first-order valence-corrected chi connectivity index (χ1v) is 13.2. The van der Waals surface area contributed by atoms with Gasteiger partial charge in [-0.1, -0.05) is 0 Å². The fourth-order valence-electron chi connectivity index (χ4n) is 4.35. The van der Waals surface area contributed by atoms with Gasteiger partial charge in [0, 0.05) is 19.6 Å². The minimum absolute atomic E-state index is 0.00594. The molecule has 2 aromatic rings. The molecular weight excluding hydrogens is 457 g/mol. The standard InChI is InChI=1S/C22H20S6/c1-11-12(2)14-10-18(16-6-8-20(24)26-16)28-22(14,4)21(3)13(11)9-17(27-21)15-5-7-19(23)25-15/h5-10,23-24H,1-4H3. The summed E-state index contributed by atoms with van der Waals surface area (Å²) in [5, 5.41) is 0. The van der Waals surface area contributed by atoms with Gasteiger partial charge in [-0.3, -0.25) is 0 Å². The number of thioether (sulfide) groups is 2. The number of rotatable bonds is 2. The molecule has 0 nitrogen and oxygen atoms in total. The molecule has 0 fully saturated rings. The zero-order chi connectivity index (χ0) is 19.8. The quantitative estimate of drug-likeness (QED) is 0.417. The first-order valence-electron chi connectivity index (χ1n) is 9.06. The Kier molecular flexibility index (Phi) is 4.67. The summed E-state index contributed by atoms with van der Waals surface area (Å²) in [4.78, 5) is 5.39. The molecule has 0 bridgehead atoms. The smallest absolute Gasteiger partial charge is 0.0618 e. The lowest BCUT2D eigenvalue weighted by molar-refractivity contribution is 0.607. The summed E-state index contributed by atoms with van der Waals surface area (Å²) in [7, 11) is 0. The van der Waals surface area contributed by atoms with Crippen molar-refractivity contribution in [3.05, 3.63) is 68.5 Å². The molecule has 0 N–H and O–H groups in total. The lowest BCUT2D eigenvalue weighted by Crippen LogP contribution is -2.47. The van der Waals surface area contributed by atoms with Gasteiger partial charge < -0.3 is 0 Å². The van der Waals surface area contributed by atoms with Crippen molar-refractivity contribution in [2.45, 2.75) is 45.6 Å². The van der Waals surface area contributed by atoms with E-state index < -0.39 is 0 Å². The van der Waals surface area contributed by atoms with E-state index in [0.29, 0.717) is 0 Å². The average Bonchev–Trinajstić information content (AvgIpc) is 3.40. The van der Waals surface area contributed by atoms with E-state index in [1.165, 1.54) is 41.9 Å². The van der Waals surface area contributed by atoms with E-state index in [0.717, 1.165) is 8.42 Å². The normalized spacial score (nSPS) is 29.2. The summed E-state index contributed by atoms with van der Waals surface area (Å²) in [6.07, 6.45) is 4.86. The molecule has 3 aliphatic rings. The summed E-state index contributed by atoms with van der Waals surface area (Å²) in [5.74, 6) is 0. The van der Waals surface area contributed by atoms with Crippen molar-refractivity contribution in [1.82, 2.24) is 0 Å². The van der Waals surface area contributed by atoms with Gasteiger partial charge in [0.25, 0.3) is 0 Å². The van der Waals surface area contributed by atoms with Crippen LogP contribution < -0.4 is 0 Å². The second-order valence-corrected chi connectivity index (χ2v) is 14.3. The summed E-state index contributed by atoms with van der Waals surface area (Å²) < 4.78 is 2.16. The molecular formula is C22H20S6. The SMILES string of the molecule is CC1=C2C=C(c3ccc(S)s3)SC2(C)C2(C)SC(c3ccc(S)s3)=CC2=C1C. The summed E-state index contributed by atoms with van der Waals surface area (Å²) >= 11 is 16.6. The predicted octanol–water partition coefficient (Wildman–Crippen LogP) is 8.43. The lowest BCUT2D eigenvalue weighted by atomic mass is 9.72. The molecule has 144 valence electrons. The molecule has 0 spiro atoms. The highest BCUT2D eigenvalue weighted by molar-refractivity contribution is 8.14. The Bertz CT molecular complexity index is 1050. The highest BCUT2D eigenvalue weighted by atomic mass is 32.2. The Morgan fingerprint density at radius 3 is 1.39 bits per heavy atom. The molecule has 28 heavy (non-hydrogen) atoms. The van der Waals surface area contributed by atoms with E-state index in [1.807, 2.05) is 23.5 Å². The fraction of sp³-hybridized carbons (Fsp3) is 0.273. The van der Waals surface area contributed by atoms with Gasteiger partial charge in [0.15, 0.2) is 0 Å². The molecule has 6 heteroatoms. The molecule has 2 unspecified atom stereocenters. The maximum atomic E-state index is 4.53. The van der Waals surface area contributed by atoms with E-state index in [-0.39, 0.29) is 9.49 Å². The molecule has 0 saturated carbocycles. The van der Waals surface area contributed by atoms with Crippen LogP contribution in [0.2, 0.25) is 0 Å². The Morgan fingerprint density at radius 1 is 0.679 bits per heavy atom. The number of thiol groups is 2. The topological polar surface area (TPSA) is 0 Å². The van der Waals surface area contributed by atoms with Crippen LogP contribution in [-0.4, -0.2) is 9.49 Å². The van der Waals surface area contributed by atoms with Crippen molar-refractivity contribution >= 4 is 81.3 Å². The number of allylic oxidation sites excluding steroid dienone is 4. The monoisotopic (exact) mass is 476 g/mol. The third-order valence-corrected chi connectivity index (χ3v) is 12.4. The number of thiophene rings is 2. The van der Waals surface area contributed by atoms with E-state index >= 15 is 0 Å². The molecule has 4 heterocycles. The Morgan fingerprint density at radius 2 is 1.07 bits per heavy atom. The minimum Gasteiger partial charge on any atom is -0.133 e. The van der Waals surface area contributed by atoms with Crippen LogP contribution in [0.4, 0.5) is 0 Å². The van der Waals surface area contributed by atoms with Crippen molar-refractivity contribution in [1.29, 1.82) is 0 Å². The largest absolute Gasteiger partial charge is 0.133 e. The van der Waals surface area contributed by atoms with Gasteiger partial charge in [0.05, 0.1) is 17.9 Å². The summed E-state index contributed by atoms with van der Waals surface area (Å²) in [5.41, 5.74) is 5.82. The van der Waals surface area contributed by atoms with Crippen molar-refractivity contribution in [2.75, 3.05) is 0 Å². The molecule has 0 aromatic carbocycles. The zero-order valence-electron chi connectivity index (χ0n) is 16.0. The van der Waals surface area contributed by atoms with E-state index in [1.54, 1.807) is 22.7 Å². The van der Waals surface area contributed by atoms with Gasteiger partial charge >= 0.3 is 0 Å². The van der Waals surface area contributed by atoms with Gasteiger partial charge in [-0.05, 0) is 86.4 Å².